The van der Waals surface area contributed by atoms with E-state index in [0.29, 0.717) is 17.9 Å². The fourth-order valence-corrected chi connectivity index (χ4v) is 1.45. The molecule has 0 aromatic carbocycles. The first kappa shape index (κ1) is 14.9. The van der Waals surface area contributed by atoms with E-state index in [-0.39, 0.29) is 6.61 Å². The molecule has 0 spiro atoms. The third-order valence-corrected chi connectivity index (χ3v) is 2.35. The summed E-state index contributed by atoms with van der Waals surface area (Å²) in [6.45, 7) is 11.3. The first-order valence-corrected chi connectivity index (χ1v) is 6.00. The van der Waals surface area contributed by atoms with Crippen molar-refractivity contribution in [1.29, 1.82) is 0 Å². The highest BCUT2D eigenvalue weighted by Gasteiger charge is 2.11. The second kappa shape index (κ2) is 9.13. The zero-order valence-electron chi connectivity index (χ0n) is 10.6. The molecule has 1 atom stereocenters. The van der Waals surface area contributed by atoms with Gasteiger partial charge in [-0.3, -0.25) is 0 Å². The lowest BCUT2D eigenvalue weighted by Gasteiger charge is -2.21. The van der Waals surface area contributed by atoms with Gasteiger partial charge in [0.2, 0.25) is 0 Å². The van der Waals surface area contributed by atoms with Gasteiger partial charge in [0.15, 0.2) is 0 Å². The van der Waals surface area contributed by atoms with Crippen LogP contribution in [0.25, 0.3) is 0 Å². The van der Waals surface area contributed by atoms with Gasteiger partial charge in [0.05, 0.1) is 6.61 Å². The highest BCUT2D eigenvalue weighted by molar-refractivity contribution is 4.69. The standard InChI is InChI=1S/C12H27NO2/c1-10(2)9-15-8-6-13-12(5-7-14)11(3)4/h10-14H,5-9H2,1-4H3. The van der Waals surface area contributed by atoms with Crippen LogP contribution in [0.5, 0.6) is 0 Å². The van der Waals surface area contributed by atoms with E-state index >= 15 is 0 Å². The molecule has 0 heterocycles. The number of ether oxygens (including phenoxy) is 1. The van der Waals surface area contributed by atoms with Gasteiger partial charge in [-0.1, -0.05) is 27.7 Å². The van der Waals surface area contributed by atoms with E-state index in [1.54, 1.807) is 0 Å². The lowest BCUT2D eigenvalue weighted by Crippen LogP contribution is -2.37. The average molecular weight is 217 g/mol. The van der Waals surface area contributed by atoms with Crippen molar-refractivity contribution in [3.05, 3.63) is 0 Å². The van der Waals surface area contributed by atoms with E-state index in [0.717, 1.165) is 26.2 Å². The maximum Gasteiger partial charge on any atom is 0.0591 e. The van der Waals surface area contributed by atoms with Crippen molar-refractivity contribution < 1.29 is 9.84 Å². The molecule has 0 aromatic rings. The van der Waals surface area contributed by atoms with Crippen molar-refractivity contribution in [2.24, 2.45) is 11.8 Å². The molecule has 0 radical (unpaired) electrons. The van der Waals surface area contributed by atoms with Crippen LogP contribution in [0.1, 0.15) is 34.1 Å². The van der Waals surface area contributed by atoms with Crippen LogP contribution in [0.3, 0.4) is 0 Å². The van der Waals surface area contributed by atoms with E-state index in [9.17, 15) is 0 Å². The monoisotopic (exact) mass is 217 g/mol. The van der Waals surface area contributed by atoms with Gasteiger partial charge in [-0.25, -0.2) is 0 Å². The molecule has 15 heavy (non-hydrogen) atoms. The van der Waals surface area contributed by atoms with Crippen molar-refractivity contribution in [3.63, 3.8) is 0 Å². The van der Waals surface area contributed by atoms with Gasteiger partial charge < -0.3 is 15.2 Å². The molecule has 3 nitrogen and oxygen atoms in total. The predicted octanol–water partition coefficient (Wildman–Crippen LogP) is 1.66. The summed E-state index contributed by atoms with van der Waals surface area (Å²) in [6, 6.07) is 0.401. The molecule has 3 heteroatoms. The van der Waals surface area contributed by atoms with Crippen LogP contribution in [0, 0.1) is 11.8 Å². The van der Waals surface area contributed by atoms with Gasteiger partial charge in [0.1, 0.15) is 0 Å². The summed E-state index contributed by atoms with van der Waals surface area (Å²) in [5.41, 5.74) is 0. The van der Waals surface area contributed by atoms with Gasteiger partial charge in [0.25, 0.3) is 0 Å². The third-order valence-electron chi connectivity index (χ3n) is 2.35. The number of rotatable bonds is 9. The van der Waals surface area contributed by atoms with Crippen molar-refractivity contribution in [2.45, 2.75) is 40.2 Å². The Bertz CT molecular complexity index is 138. The molecule has 0 saturated heterocycles. The van der Waals surface area contributed by atoms with Crippen molar-refractivity contribution in [1.82, 2.24) is 5.32 Å². The van der Waals surface area contributed by atoms with E-state index in [1.165, 1.54) is 0 Å². The SMILES string of the molecule is CC(C)COCCNC(CCO)C(C)C. The van der Waals surface area contributed by atoms with Gasteiger partial charge in [-0.2, -0.15) is 0 Å². The number of nitrogens with one attached hydrogen (secondary N) is 1. The largest absolute Gasteiger partial charge is 0.396 e. The summed E-state index contributed by atoms with van der Waals surface area (Å²) in [5, 5.41) is 12.3. The second-order valence-corrected chi connectivity index (χ2v) is 4.79. The lowest BCUT2D eigenvalue weighted by molar-refractivity contribution is 0.107. The molecule has 0 rings (SSSR count). The normalized spacial score (nSPS) is 13.8. The molecule has 0 amide bonds. The van der Waals surface area contributed by atoms with Crippen LogP contribution in [-0.2, 0) is 4.74 Å². The molecule has 0 saturated carbocycles. The lowest BCUT2D eigenvalue weighted by atomic mass is 10.0. The summed E-state index contributed by atoms with van der Waals surface area (Å²) in [4.78, 5) is 0. The first-order valence-electron chi connectivity index (χ1n) is 6.00. The zero-order chi connectivity index (χ0) is 11.7. The highest BCUT2D eigenvalue weighted by atomic mass is 16.5. The number of aliphatic hydroxyl groups is 1. The molecule has 0 bridgehead atoms. The molecular weight excluding hydrogens is 190 g/mol. The summed E-state index contributed by atoms with van der Waals surface area (Å²) in [6.07, 6.45) is 0.821. The molecule has 2 N–H and O–H groups in total. The van der Waals surface area contributed by atoms with E-state index in [1.807, 2.05) is 0 Å². The Balaban J connectivity index is 3.45. The Morgan fingerprint density at radius 1 is 1.20 bits per heavy atom. The Hall–Kier alpha value is -0.120. The number of hydrogen-bond donors (Lipinski definition) is 2. The number of aliphatic hydroxyl groups excluding tert-OH is 1. The fourth-order valence-electron chi connectivity index (χ4n) is 1.45. The molecule has 1 unspecified atom stereocenters. The van der Waals surface area contributed by atoms with Crippen molar-refractivity contribution in [3.8, 4) is 0 Å². The summed E-state index contributed by atoms with van der Waals surface area (Å²) in [5.74, 6) is 1.16. The quantitative estimate of drug-likeness (QED) is 0.577. The van der Waals surface area contributed by atoms with Crippen LogP contribution in [-0.4, -0.2) is 37.5 Å². The van der Waals surface area contributed by atoms with Crippen molar-refractivity contribution in [2.75, 3.05) is 26.4 Å². The topological polar surface area (TPSA) is 41.5 Å². The molecule has 0 aliphatic carbocycles. The molecule has 0 aromatic heterocycles. The zero-order valence-corrected chi connectivity index (χ0v) is 10.6. The van der Waals surface area contributed by atoms with Gasteiger partial charge in [-0.15, -0.1) is 0 Å². The van der Waals surface area contributed by atoms with Crippen LogP contribution in [0.15, 0.2) is 0 Å². The van der Waals surface area contributed by atoms with Gasteiger partial charge in [-0.05, 0) is 18.3 Å². The molecule has 0 fully saturated rings. The minimum Gasteiger partial charge on any atom is -0.396 e. The smallest absolute Gasteiger partial charge is 0.0591 e. The maximum absolute atomic E-state index is 8.89. The van der Waals surface area contributed by atoms with Gasteiger partial charge >= 0.3 is 0 Å². The maximum atomic E-state index is 8.89. The Kier molecular flexibility index (Phi) is 9.06. The summed E-state index contributed by atoms with van der Waals surface area (Å²) >= 11 is 0. The summed E-state index contributed by atoms with van der Waals surface area (Å²) in [7, 11) is 0. The second-order valence-electron chi connectivity index (χ2n) is 4.79. The minimum absolute atomic E-state index is 0.253. The van der Waals surface area contributed by atoms with Crippen molar-refractivity contribution >= 4 is 0 Å². The third kappa shape index (κ3) is 8.85. The van der Waals surface area contributed by atoms with Crippen LogP contribution in [0.2, 0.25) is 0 Å². The highest BCUT2D eigenvalue weighted by Crippen LogP contribution is 2.04. The minimum atomic E-state index is 0.253. The molecule has 92 valence electrons. The number of hydrogen-bond acceptors (Lipinski definition) is 3. The van der Waals surface area contributed by atoms with E-state index < -0.39 is 0 Å². The Morgan fingerprint density at radius 2 is 1.87 bits per heavy atom. The fraction of sp³-hybridized carbons (Fsp3) is 1.00. The average Bonchev–Trinajstić information content (AvgIpc) is 2.15. The van der Waals surface area contributed by atoms with Crippen LogP contribution in [0.4, 0.5) is 0 Å². The first-order chi connectivity index (χ1) is 7.07. The molecule has 0 aliphatic rings. The van der Waals surface area contributed by atoms with Crippen LogP contribution < -0.4 is 5.32 Å². The Morgan fingerprint density at radius 3 is 2.33 bits per heavy atom. The Labute approximate surface area is 94.2 Å². The molecule has 0 aliphatic heterocycles. The molecular formula is C12H27NO2. The van der Waals surface area contributed by atoms with E-state index in [2.05, 4.69) is 33.0 Å². The predicted molar refractivity (Wildman–Crippen MR) is 64.0 cm³/mol. The van der Waals surface area contributed by atoms with E-state index in [4.69, 9.17) is 9.84 Å². The summed E-state index contributed by atoms with van der Waals surface area (Å²) < 4.78 is 5.48. The van der Waals surface area contributed by atoms with Gasteiger partial charge in [0, 0.05) is 25.8 Å². The van der Waals surface area contributed by atoms with Crippen LogP contribution >= 0.6 is 0 Å².